The molecule has 1 unspecified atom stereocenters. The summed E-state index contributed by atoms with van der Waals surface area (Å²) in [5, 5.41) is 0.749. The van der Waals surface area contributed by atoms with E-state index in [9.17, 15) is 0 Å². The van der Waals surface area contributed by atoms with Crippen LogP contribution < -0.4 is 0 Å². The van der Waals surface area contributed by atoms with Crippen molar-refractivity contribution >= 4 is 35.0 Å². The smallest absolute Gasteiger partial charge is 0.0629 e. The predicted octanol–water partition coefficient (Wildman–Crippen LogP) is 3.84. The van der Waals surface area contributed by atoms with E-state index in [0.717, 1.165) is 28.0 Å². The summed E-state index contributed by atoms with van der Waals surface area (Å²) in [5.41, 5.74) is 1.15. The van der Waals surface area contributed by atoms with E-state index in [1.54, 1.807) is 12.4 Å². The zero-order chi connectivity index (χ0) is 10.4. The van der Waals surface area contributed by atoms with E-state index in [1.807, 2.05) is 17.8 Å². The molecule has 0 radical (unpaired) electrons. The Kier molecular flexibility index (Phi) is 5.68. The van der Waals surface area contributed by atoms with Crippen molar-refractivity contribution in [2.45, 2.75) is 12.7 Å². The molecule has 0 bridgehead atoms. The average molecular weight is 250 g/mol. The molecule has 0 fully saturated rings. The number of aromatic nitrogens is 1. The molecule has 0 aliphatic carbocycles. The van der Waals surface area contributed by atoms with E-state index in [2.05, 4.69) is 11.9 Å². The Labute approximate surface area is 99.2 Å². The average Bonchev–Trinajstić information content (AvgIpc) is 2.20. The van der Waals surface area contributed by atoms with E-state index in [4.69, 9.17) is 23.2 Å². The molecule has 1 atom stereocenters. The minimum Gasteiger partial charge on any atom is -0.263 e. The Hall–Kier alpha value is 0.0800. The number of halogens is 2. The maximum absolute atomic E-state index is 5.97. The number of rotatable bonds is 5. The molecule has 1 rings (SSSR count). The molecule has 1 nitrogen and oxygen atoms in total. The van der Waals surface area contributed by atoms with Crippen molar-refractivity contribution in [3.63, 3.8) is 0 Å². The molecule has 78 valence electrons. The Morgan fingerprint density at radius 3 is 3.00 bits per heavy atom. The third kappa shape index (κ3) is 4.07. The molecule has 14 heavy (non-hydrogen) atoms. The van der Waals surface area contributed by atoms with Gasteiger partial charge >= 0.3 is 0 Å². The Bertz CT molecular complexity index is 281. The summed E-state index contributed by atoms with van der Waals surface area (Å²) in [7, 11) is 0. The Balaban J connectivity index is 2.35. The second-order valence-electron chi connectivity index (χ2n) is 3.24. The van der Waals surface area contributed by atoms with E-state index < -0.39 is 0 Å². The number of nitrogens with zero attached hydrogens (tertiary/aromatic N) is 1. The third-order valence-corrected chi connectivity index (χ3v) is 3.97. The van der Waals surface area contributed by atoms with Crippen molar-refractivity contribution in [2.24, 2.45) is 5.92 Å². The molecule has 0 N–H and O–H groups in total. The van der Waals surface area contributed by atoms with Gasteiger partial charge in [0.15, 0.2) is 0 Å². The fraction of sp³-hybridized carbons (Fsp3) is 0.500. The molecule has 0 amide bonds. The van der Waals surface area contributed by atoms with Crippen LogP contribution in [-0.2, 0) is 5.75 Å². The van der Waals surface area contributed by atoms with Crippen LogP contribution in [0.1, 0.15) is 12.5 Å². The van der Waals surface area contributed by atoms with E-state index >= 15 is 0 Å². The molecular weight excluding hydrogens is 237 g/mol. The second-order valence-corrected chi connectivity index (χ2v) is 4.99. The first-order valence-electron chi connectivity index (χ1n) is 4.46. The normalized spacial score (nSPS) is 12.8. The van der Waals surface area contributed by atoms with Gasteiger partial charge in [0.1, 0.15) is 0 Å². The van der Waals surface area contributed by atoms with Gasteiger partial charge in [-0.05, 0) is 23.3 Å². The van der Waals surface area contributed by atoms with Crippen molar-refractivity contribution in [1.29, 1.82) is 0 Å². The first-order chi connectivity index (χ1) is 6.74. The molecule has 0 saturated heterocycles. The zero-order valence-corrected chi connectivity index (χ0v) is 10.4. The quantitative estimate of drug-likeness (QED) is 0.736. The van der Waals surface area contributed by atoms with Gasteiger partial charge in [0.25, 0.3) is 0 Å². The van der Waals surface area contributed by atoms with Gasteiger partial charge in [0, 0.05) is 24.0 Å². The number of thioether (sulfide) groups is 1. The van der Waals surface area contributed by atoms with Gasteiger partial charge < -0.3 is 0 Å². The van der Waals surface area contributed by atoms with Crippen LogP contribution in [0, 0.1) is 5.92 Å². The van der Waals surface area contributed by atoms with Crippen molar-refractivity contribution in [3.05, 3.63) is 29.0 Å². The van der Waals surface area contributed by atoms with Crippen LogP contribution >= 0.6 is 35.0 Å². The van der Waals surface area contributed by atoms with E-state index in [-0.39, 0.29) is 0 Å². The number of hydrogen-bond donors (Lipinski definition) is 0. The lowest BCUT2D eigenvalue weighted by atomic mass is 10.3. The molecule has 0 spiro atoms. The van der Waals surface area contributed by atoms with Crippen LogP contribution in [0.15, 0.2) is 18.5 Å². The van der Waals surface area contributed by atoms with E-state index in [0.29, 0.717) is 5.92 Å². The van der Waals surface area contributed by atoms with Crippen LogP contribution in [0.2, 0.25) is 5.02 Å². The number of pyridine rings is 1. The van der Waals surface area contributed by atoms with Crippen LogP contribution in [0.5, 0.6) is 0 Å². The lowest BCUT2D eigenvalue weighted by Crippen LogP contribution is -1.99. The van der Waals surface area contributed by atoms with Gasteiger partial charge in [-0.25, -0.2) is 0 Å². The van der Waals surface area contributed by atoms with Crippen molar-refractivity contribution < 1.29 is 0 Å². The fourth-order valence-corrected chi connectivity index (χ4v) is 2.55. The summed E-state index contributed by atoms with van der Waals surface area (Å²) in [5.74, 6) is 3.28. The molecule has 4 heteroatoms. The maximum atomic E-state index is 5.97. The fourth-order valence-electron chi connectivity index (χ4n) is 0.936. The lowest BCUT2D eigenvalue weighted by molar-refractivity contribution is 0.759. The van der Waals surface area contributed by atoms with Gasteiger partial charge in [-0.1, -0.05) is 18.5 Å². The maximum Gasteiger partial charge on any atom is 0.0629 e. The molecule has 0 aromatic carbocycles. The largest absolute Gasteiger partial charge is 0.263 e. The van der Waals surface area contributed by atoms with Crippen molar-refractivity contribution in [1.82, 2.24) is 4.98 Å². The summed E-state index contributed by atoms with van der Waals surface area (Å²) in [4.78, 5) is 3.94. The number of alkyl halides is 1. The highest BCUT2D eigenvalue weighted by atomic mass is 35.5. The molecule has 1 aromatic heterocycles. The summed E-state index contributed by atoms with van der Waals surface area (Å²) in [6, 6.07) is 1.96. The van der Waals surface area contributed by atoms with Gasteiger partial charge in [-0.2, -0.15) is 11.8 Å². The monoisotopic (exact) mass is 249 g/mol. The molecule has 0 saturated carbocycles. The summed E-state index contributed by atoms with van der Waals surface area (Å²) in [6.45, 7) is 2.15. The lowest BCUT2D eigenvalue weighted by Gasteiger charge is -2.07. The molecule has 1 aromatic rings. The van der Waals surface area contributed by atoms with Gasteiger partial charge in [0.2, 0.25) is 0 Å². The zero-order valence-electron chi connectivity index (χ0n) is 8.04. The molecule has 0 aliphatic rings. The standard InChI is InChI=1S/C10H13Cl2NS/c1-8(4-11)6-14-7-9-2-3-13-5-10(9)12/h2-3,5,8H,4,6-7H2,1H3. The second kappa shape index (κ2) is 6.54. The summed E-state index contributed by atoms with van der Waals surface area (Å²) in [6.07, 6.45) is 3.45. The highest BCUT2D eigenvalue weighted by Crippen LogP contribution is 2.21. The van der Waals surface area contributed by atoms with Crippen molar-refractivity contribution in [3.8, 4) is 0 Å². The van der Waals surface area contributed by atoms with Gasteiger partial charge in [0.05, 0.1) is 5.02 Å². The SMILES string of the molecule is CC(CCl)CSCc1ccncc1Cl. The summed E-state index contributed by atoms with van der Waals surface area (Å²) >= 11 is 13.5. The van der Waals surface area contributed by atoms with Crippen molar-refractivity contribution in [2.75, 3.05) is 11.6 Å². The first kappa shape index (κ1) is 12.2. The molecule has 1 heterocycles. The summed E-state index contributed by atoms with van der Waals surface area (Å²) < 4.78 is 0. The molecule has 0 aliphatic heterocycles. The Morgan fingerprint density at radius 2 is 2.36 bits per heavy atom. The number of hydrogen-bond acceptors (Lipinski definition) is 2. The minimum atomic E-state index is 0.558. The van der Waals surface area contributed by atoms with Crippen LogP contribution in [0.3, 0.4) is 0 Å². The van der Waals surface area contributed by atoms with Crippen LogP contribution in [0.4, 0.5) is 0 Å². The van der Waals surface area contributed by atoms with Gasteiger partial charge in [-0.15, -0.1) is 11.6 Å². The van der Waals surface area contributed by atoms with E-state index in [1.165, 1.54) is 0 Å². The first-order valence-corrected chi connectivity index (χ1v) is 6.53. The highest BCUT2D eigenvalue weighted by molar-refractivity contribution is 7.98. The minimum absolute atomic E-state index is 0.558. The Morgan fingerprint density at radius 1 is 1.57 bits per heavy atom. The topological polar surface area (TPSA) is 12.9 Å². The third-order valence-electron chi connectivity index (χ3n) is 1.78. The van der Waals surface area contributed by atoms with Gasteiger partial charge in [-0.3, -0.25) is 4.98 Å². The molecular formula is C10H13Cl2NS. The van der Waals surface area contributed by atoms with Crippen LogP contribution in [0.25, 0.3) is 0 Å². The highest BCUT2D eigenvalue weighted by Gasteiger charge is 2.02. The van der Waals surface area contributed by atoms with Crippen LogP contribution in [-0.4, -0.2) is 16.6 Å². The predicted molar refractivity (Wildman–Crippen MR) is 65.3 cm³/mol.